The molecule has 11 heteroatoms. The van der Waals surface area contributed by atoms with Gasteiger partial charge in [-0.05, 0) is 42.0 Å². The minimum absolute atomic E-state index is 0.0753. The molecule has 4 aromatic rings. The average Bonchev–Trinajstić information content (AvgIpc) is 3.22. The van der Waals surface area contributed by atoms with Crippen LogP contribution in [0, 0.1) is 0 Å². The van der Waals surface area contributed by atoms with E-state index in [1.54, 1.807) is 35.1 Å². The third kappa shape index (κ3) is 5.01. The van der Waals surface area contributed by atoms with Gasteiger partial charge in [-0.25, -0.2) is 9.50 Å². The summed E-state index contributed by atoms with van der Waals surface area (Å²) in [7, 11) is 0. The zero-order valence-electron chi connectivity index (χ0n) is 17.7. The van der Waals surface area contributed by atoms with Crippen LogP contribution in [-0.2, 0) is 22.2 Å². The lowest BCUT2D eigenvalue weighted by Crippen LogP contribution is -2.24. The van der Waals surface area contributed by atoms with Crippen LogP contribution in [0.1, 0.15) is 18.1 Å². The first-order chi connectivity index (χ1) is 16.1. The van der Waals surface area contributed by atoms with Crippen molar-refractivity contribution in [3.63, 3.8) is 0 Å². The van der Waals surface area contributed by atoms with Gasteiger partial charge in [-0.3, -0.25) is 14.5 Å². The van der Waals surface area contributed by atoms with Gasteiger partial charge in [0.15, 0.2) is 0 Å². The van der Waals surface area contributed by atoms with Gasteiger partial charge in [-0.15, -0.1) is 0 Å². The first-order valence-electron chi connectivity index (χ1n) is 9.97. The number of nitrogens with zero attached hydrogens (tertiary/aromatic N) is 4. The lowest BCUT2D eigenvalue weighted by Gasteiger charge is -2.21. The van der Waals surface area contributed by atoms with Crippen LogP contribution >= 0.6 is 11.6 Å². The number of rotatable bonds is 5. The molecule has 0 atom stereocenters. The summed E-state index contributed by atoms with van der Waals surface area (Å²) in [4.78, 5) is 30.5. The number of halogens is 4. The van der Waals surface area contributed by atoms with E-state index in [4.69, 9.17) is 11.6 Å². The molecule has 0 saturated heterocycles. The highest BCUT2D eigenvalue weighted by molar-refractivity contribution is 6.30. The molecule has 0 aliphatic carbocycles. The number of carbonyl (C=O) groups excluding carboxylic acids is 2. The highest BCUT2D eigenvalue weighted by Crippen LogP contribution is 2.34. The van der Waals surface area contributed by atoms with Crippen LogP contribution in [0.4, 0.5) is 30.4 Å². The van der Waals surface area contributed by atoms with Crippen molar-refractivity contribution in [2.24, 2.45) is 0 Å². The minimum Gasteiger partial charge on any atom is -0.326 e. The lowest BCUT2D eigenvalue weighted by molar-refractivity contribution is -0.138. The maximum atomic E-state index is 13.3. The van der Waals surface area contributed by atoms with E-state index >= 15 is 0 Å². The Hall–Kier alpha value is -3.92. The summed E-state index contributed by atoms with van der Waals surface area (Å²) in [6.07, 6.45) is -0.463. The molecule has 0 aliphatic rings. The molecule has 0 spiro atoms. The Morgan fingerprint density at radius 1 is 1.09 bits per heavy atom. The monoisotopic (exact) mass is 487 g/mol. The zero-order valence-corrected chi connectivity index (χ0v) is 18.4. The SMILES string of the molecule is CC(=O)N(c1ccn2nccc2c1)c1cc(NC(=O)Cc2ccc(Cl)cc2C(F)(F)F)ccn1. The van der Waals surface area contributed by atoms with Crippen molar-refractivity contribution >= 4 is 46.1 Å². The van der Waals surface area contributed by atoms with Gasteiger partial charge in [0.1, 0.15) is 5.82 Å². The number of fused-ring (bicyclic) bond motifs is 1. The second kappa shape index (κ2) is 9.14. The molecular weight excluding hydrogens is 471 g/mol. The smallest absolute Gasteiger partial charge is 0.326 e. The van der Waals surface area contributed by atoms with E-state index in [-0.39, 0.29) is 28.0 Å². The zero-order chi connectivity index (χ0) is 24.5. The Kier molecular flexibility index (Phi) is 6.25. The molecule has 34 heavy (non-hydrogen) atoms. The molecule has 174 valence electrons. The summed E-state index contributed by atoms with van der Waals surface area (Å²) in [5, 5.41) is 6.60. The van der Waals surface area contributed by atoms with E-state index in [1.807, 2.05) is 0 Å². The number of hydrogen-bond acceptors (Lipinski definition) is 4. The van der Waals surface area contributed by atoms with E-state index in [0.29, 0.717) is 5.69 Å². The molecule has 0 fully saturated rings. The molecule has 4 rings (SSSR count). The van der Waals surface area contributed by atoms with Crippen molar-refractivity contribution in [3.8, 4) is 0 Å². The van der Waals surface area contributed by atoms with E-state index in [0.717, 1.165) is 11.6 Å². The van der Waals surface area contributed by atoms with Gasteiger partial charge in [0.05, 0.1) is 23.2 Å². The molecule has 3 aromatic heterocycles. The van der Waals surface area contributed by atoms with Gasteiger partial charge in [-0.1, -0.05) is 17.7 Å². The second-order valence-electron chi connectivity index (χ2n) is 7.37. The Morgan fingerprint density at radius 2 is 1.88 bits per heavy atom. The number of aromatic nitrogens is 3. The van der Waals surface area contributed by atoms with Gasteiger partial charge in [0.25, 0.3) is 0 Å². The van der Waals surface area contributed by atoms with Crippen LogP contribution in [0.15, 0.2) is 67.1 Å². The number of carbonyl (C=O) groups is 2. The highest BCUT2D eigenvalue weighted by atomic mass is 35.5. The fourth-order valence-corrected chi connectivity index (χ4v) is 3.66. The van der Waals surface area contributed by atoms with E-state index < -0.39 is 24.1 Å². The predicted molar refractivity (Wildman–Crippen MR) is 121 cm³/mol. The first kappa shape index (κ1) is 23.2. The third-order valence-electron chi connectivity index (χ3n) is 4.94. The number of benzene rings is 1. The molecule has 1 N–H and O–H groups in total. The number of hydrogen-bond donors (Lipinski definition) is 1. The molecule has 0 radical (unpaired) electrons. The summed E-state index contributed by atoms with van der Waals surface area (Å²) in [5.74, 6) is -0.757. The number of alkyl halides is 3. The largest absolute Gasteiger partial charge is 0.416 e. The standard InChI is InChI=1S/C23H17ClF3N5O2/c1-14(33)32(19-6-9-31-18(13-19)5-8-29-31)21-12-17(4-7-28-21)30-22(34)10-15-2-3-16(24)11-20(15)23(25,26)27/h2-9,11-13H,10H2,1H3,(H,28,30,34). The third-order valence-corrected chi connectivity index (χ3v) is 5.18. The Labute approximate surface area is 196 Å². The van der Waals surface area contributed by atoms with Gasteiger partial charge in [0, 0.05) is 42.3 Å². The van der Waals surface area contributed by atoms with Crippen LogP contribution in [0.25, 0.3) is 5.52 Å². The highest BCUT2D eigenvalue weighted by Gasteiger charge is 2.34. The molecule has 0 saturated carbocycles. The number of anilines is 3. The van der Waals surface area contributed by atoms with E-state index in [1.165, 1.54) is 42.3 Å². The topological polar surface area (TPSA) is 79.6 Å². The predicted octanol–water partition coefficient (Wildman–Crippen LogP) is 5.27. The van der Waals surface area contributed by atoms with Crippen molar-refractivity contribution in [2.45, 2.75) is 19.5 Å². The van der Waals surface area contributed by atoms with Gasteiger partial charge in [0.2, 0.25) is 11.8 Å². The average molecular weight is 488 g/mol. The summed E-state index contributed by atoms with van der Waals surface area (Å²) in [5.41, 5.74) is 0.394. The summed E-state index contributed by atoms with van der Waals surface area (Å²) >= 11 is 5.69. The number of amides is 2. The van der Waals surface area contributed by atoms with E-state index in [9.17, 15) is 22.8 Å². The first-order valence-corrected chi connectivity index (χ1v) is 10.4. The van der Waals surface area contributed by atoms with Crippen molar-refractivity contribution in [1.82, 2.24) is 14.6 Å². The fourth-order valence-electron chi connectivity index (χ4n) is 3.49. The summed E-state index contributed by atoms with van der Waals surface area (Å²) in [6.45, 7) is 1.37. The van der Waals surface area contributed by atoms with Gasteiger partial charge < -0.3 is 5.32 Å². The molecular formula is C23H17ClF3N5O2. The van der Waals surface area contributed by atoms with Crippen molar-refractivity contribution in [1.29, 1.82) is 0 Å². The number of nitrogens with one attached hydrogen (secondary N) is 1. The molecule has 0 bridgehead atoms. The molecule has 0 unspecified atom stereocenters. The molecule has 7 nitrogen and oxygen atoms in total. The minimum atomic E-state index is -4.65. The quantitative estimate of drug-likeness (QED) is 0.416. The molecule has 0 aliphatic heterocycles. The molecule has 2 amide bonds. The Morgan fingerprint density at radius 3 is 2.62 bits per heavy atom. The second-order valence-corrected chi connectivity index (χ2v) is 7.80. The summed E-state index contributed by atoms with van der Waals surface area (Å²) < 4.78 is 41.6. The number of pyridine rings is 2. The maximum absolute atomic E-state index is 13.3. The Bertz CT molecular complexity index is 1390. The van der Waals surface area contributed by atoms with Crippen molar-refractivity contribution in [3.05, 3.63) is 83.3 Å². The normalized spacial score (nSPS) is 11.4. The van der Waals surface area contributed by atoms with E-state index in [2.05, 4.69) is 15.4 Å². The van der Waals surface area contributed by atoms with Crippen molar-refractivity contribution < 1.29 is 22.8 Å². The van der Waals surface area contributed by atoms with Crippen molar-refractivity contribution in [2.75, 3.05) is 10.2 Å². The Balaban J connectivity index is 1.57. The molecule has 1 aromatic carbocycles. The van der Waals surface area contributed by atoms with Crippen LogP contribution in [0.5, 0.6) is 0 Å². The summed E-state index contributed by atoms with van der Waals surface area (Å²) in [6, 6.07) is 11.4. The van der Waals surface area contributed by atoms with Crippen LogP contribution in [0.3, 0.4) is 0 Å². The van der Waals surface area contributed by atoms with Crippen LogP contribution < -0.4 is 10.2 Å². The fraction of sp³-hybridized carbons (Fsp3) is 0.130. The molecule has 3 heterocycles. The van der Waals surface area contributed by atoms with Gasteiger partial charge in [-0.2, -0.15) is 18.3 Å². The van der Waals surface area contributed by atoms with Gasteiger partial charge >= 0.3 is 6.18 Å². The lowest BCUT2D eigenvalue weighted by atomic mass is 10.0. The van der Waals surface area contributed by atoms with Crippen LogP contribution in [0.2, 0.25) is 5.02 Å². The maximum Gasteiger partial charge on any atom is 0.416 e. The van der Waals surface area contributed by atoms with Crippen LogP contribution in [-0.4, -0.2) is 26.4 Å².